The van der Waals surface area contributed by atoms with Gasteiger partial charge >= 0.3 is 0 Å². The van der Waals surface area contributed by atoms with Gasteiger partial charge < -0.3 is 9.52 Å². The summed E-state index contributed by atoms with van der Waals surface area (Å²) in [6.07, 6.45) is 1.59. The highest BCUT2D eigenvalue weighted by atomic mass is 35.5. The number of hydrogen-bond donors (Lipinski definition) is 1. The van der Waals surface area contributed by atoms with Gasteiger partial charge in [-0.15, -0.1) is 11.3 Å². The van der Waals surface area contributed by atoms with E-state index in [4.69, 9.17) is 27.6 Å². The molecule has 0 spiro atoms. The second-order valence-electron chi connectivity index (χ2n) is 6.75. The highest BCUT2D eigenvalue weighted by Gasteiger charge is 2.12. The summed E-state index contributed by atoms with van der Waals surface area (Å²) in [5.41, 5.74) is 2.90. The smallest absolute Gasteiger partial charge is 0.145 e. The van der Waals surface area contributed by atoms with Crippen molar-refractivity contribution in [1.82, 2.24) is 4.98 Å². The van der Waals surface area contributed by atoms with Crippen molar-refractivity contribution >= 4 is 56.7 Å². The Hall–Kier alpha value is -3.12. The lowest BCUT2D eigenvalue weighted by atomic mass is 10.2. The van der Waals surface area contributed by atoms with Crippen molar-refractivity contribution in [3.05, 3.63) is 88.6 Å². The third-order valence-corrected chi connectivity index (χ3v) is 6.58. The normalized spacial score (nSPS) is 11.5. The Balaban J connectivity index is 1.39. The van der Waals surface area contributed by atoms with E-state index in [-0.39, 0.29) is 5.75 Å². The Morgan fingerprint density at radius 3 is 2.65 bits per heavy atom. The monoisotopic (exact) mass is 464 g/mol. The van der Waals surface area contributed by atoms with Crippen molar-refractivity contribution in [2.24, 2.45) is 4.99 Å². The minimum Gasteiger partial charge on any atom is -0.507 e. The van der Waals surface area contributed by atoms with Crippen LogP contribution in [-0.2, 0) is 0 Å². The first-order valence-corrected chi connectivity index (χ1v) is 10.9. The first-order chi connectivity index (χ1) is 15.1. The van der Waals surface area contributed by atoms with Crippen molar-refractivity contribution in [2.45, 2.75) is 0 Å². The molecule has 0 radical (unpaired) electrons. The third kappa shape index (κ3) is 3.95. The number of aliphatic imine (C=N–C) groups is 1. The summed E-state index contributed by atoms with van der Waals surface area (Å²) < 4.78 is 6.90. The number of para-hydroxylation sites is 1. The van der Waals surface area contributed by atoms with Crippen molar-refractivity contribution < 1.29 is 9.52 Å². The summed E-state index contributed by atoms with van der Waals surface area (Å²) in [7, 11) is 0. The molecule has 5 rings (SSSR count). The maximum atomic E-state index is 10.5. The van der Waals surface area contributed by atoms with Crippen molar-refractivity contribution in [3.63, 3.8) is 0 Å². The number of nitrogens with zero attached hydrogens (tertiary/aromatic N) is 2. The summed E-state index contributed by atoms with van der Waals surface area (Å²) in [5, 5.41) is 12.2. The average Bonchev–Trinajstić information content (AvgIpc) is 3.41. The molecule has 0 aliphatic carbocycles. The Kier molecular flexibility index (Phi) is 5.24. The predicted molar refractivity (Wildman–Crippen MR) is 128 cm³/mol. The molecule has 2 heterocycles. The Morgan fingerprint density at radius 1 is 0.935 bits per heavy atom. The molecule has 0 saturated heterocycles. The van der Waals surface area contributed by atoms with Crippen LogP contribution in [0.15, 0.2) is 82.2 Å². The first kappa shape index (κ1) is 19.8. The van der Waals surface area contributed by atoms with Crippen molar-refractivity contribution in [3.8, 4) is 27.6 Å². The minimum absolute atomic E-state index is 0.125. The fourth-order valence-corrected chi connectivity index (χ4v) is 4.56. The van der Waals surface area contributed by atoms with Gasteiger partial charge in [-0.3, -0.25) is 4.99 Å². The number of hydrogen-bond acceptors (Lipinski definition) is 5. The summed E-state index contributed by atoms with van der Waals surface area (Å²) in [6, 6.07) is 22.1. The van der Waals surface area contributed by atoms with E-state index in [0.29, 0.717) is 38.4 Å². The van der Waals surface area contributed by atoms with Crippen LogP contribution in [0.3, 0.4) is 0 Å². The van der Waals surface area contributed by atoms with Crippen molar-refractivity contribution in [1.29, 1.82) is 0 Å². The Bertz CT molecular complexity index is 1410. The van der Waals surface area contributed by atoms with Crippen LogP contribution in [0.2, 0.25) is 10.0 Å². The van der Waals surface area contributed by atoms with Crippen LogP contribution < -0.4 is 0 Å². The van der Waals surface area contributed by atoms with Gasteiger partial charge in [-0.1, -0.05) is 41.4 Å². The summed E-state index contributed by atoms with van der Waals surface area (Å²) in [6.45, 7) is 0. The number of halogens is 2. The molecule has 2 aromatic heterocycles. The molecular weight excluding hydrogens is 451 g/mol. The average molecular weight is 465 g/mol. The molecule has 152 valence electrons. The molecule has 5 aromatic rings. The lowest BCUT2D eigenvalue weighted by Gasteiger charge is -2.02. The Morgan fingerprint density at radius 2 is 1.81 bits per heavy atom. The first-order valence-electron chi connectivity index (χ1n) is 9.36. The van der Waals surface area contributed by atoms with Gasteiger partial charge in [-0.25, -0.2) is 4.98 Å². The second kappa shape index (κ2) is 8.19. The highest BCUT2D eigenvalue weighted by molar-refractivity contribution is 7.21. The topological polar surface area (TPSA) is 58.6 Å². The van der Waals surface area contributed by atoms with Crippen LogP contribution in [0, 0.1) is 0 Å². The van der Waals surface area contributed by atoms with E-state index in [1.165, 1.54) is 11.3 Å². The number of benzene rings is 3. The van der Waals surface area contributed by atoms with Gasteiger partial charge in [0.25, 0.3) is 0 Å². The molecule has 1 N–H and O–H groups in total. The third-order valence-electron chi connectivity index (χ3n) is 4.69. The van der Waals surface area contributed by atoms with Crippen LogP contribution >= 0.6 is 34.5 Å². The van der Waals surface area contributed by atoms with Gasteiger partial charge in [0.15, 0.2) is 0 Å². The van der Waals surface area contributed by atoms with E-state index in [9.17, 15) is 5.11 Å². The molecular formula is C24H14Cl2N2O2S. The van der Waals surface area contributed by atoms with Crippen LogP contribution in [-0.4, -0.2) is 16.3 Å². The lowest BCUT2D eigenvalue weighted by Crippen LogP contribution is -1.79. The van der Waals surface area contributed by atoms with E-state index in [0.717, 1.165) is 15.2 Å². The summed E-state index contributed by atoms with van der Waals surface area (Å²) >= 11 is 13.9. The number of phenolic OH excluding ortho intramolecular Hbond substituents is 1. The number of thiazole rings is 1. The van der Waals surface area contributed by atoms with Crippen LogP contribution in [0.4, 0.5) is 5.69 Å². The van der Waals surface area contributed by atoms with Gasteiger partial charge in [0, 0.05) is 11.6 Å². The van der Waals surface area contributed by atoms with Gasteiger partial charge in [-0.05, 0) is 48.5 Å². The number of rotatable bonds is 4. The summed E-state index contributed by atoms with van der Waals surface area (Å²) in [4.78, 5) is 9.00. The maximum Gasteiger partial charge on any atom is 0.145 e. The quantitative estimate of drug-likeness (QED) is 0.274. The molecule has 0 saturated carbocycles. The number of furan rings is 1. The molecule has 0 amide bonds. The zero-order chi connectivity index (χ0) is 21.4. The van der Waals surface area contributed by atoms with Gasteiger partial charge in [-0.2, -0.15) is 0 Å². The van der Waals surface area contributed by atoms with Crippen molar-refractivity contribution in [2.75, 3.05) is 0 Å². The zero-order valence-corrected chi connectivity index (χ0v) is 18.2. The number of fused-ring (bicyclic) bond motifs is 1. The molecule has 31 heavy (non-hydrogen) atoms. The van der Waals surface area contributed by atoms with E-state index in [2.05, 4.69) is 9.98 Å². The number of aromatic hydroxyl groups is 1. The van der Waals surface area contributed by atoms with Crippen LogP contribution in [0.25, 0.3) is 32.1 Å². The Labute approximate surface area is 192 Å². The minimum atomic E-state index is 0.125. The van der Waals surface area contributed by atoms with Crippen LogP contribution in [0.1, 0.15) is 5.76 Å². The standard InChI is InChI=1S/C24H14Cl2N2O2S/c25-18-5-3-4-17(23(18)26)21-11-9-15(30-21)13-27-14-8-10-16(20(29)12-14)24-28-19-6-1-2-7-22(19)31-24/h1-13,29H. The van der Waals surface area contributed by atoms with E-state index >= 15 is 0 Å². The molecule has 0 bridgehead atoms. The molecule has 0 unspecified atom stereocenters. The molecule has 0 fully saturated rings. The molecule has 0 aliphatic heterocycles. The van der Waals surface area contributed by atoms with E-state index < -0.39 is 0 Å². The highest BCUT2D eigenvalue weighted by Crippen LogP contribution is 2.37. The molecule has 0 aliphatic rings. The number of phenols is 1. The van der Waals surface area contributed by atoms with E-state index in [1.807, 2.05) is 54.6 Å². The summed E-state index contributed by atoms with van der Waals surface area (Å²) in [5.74, 6) is 1.28. The van der Waals surface area contributed by atoms with Gasteiger partial charge in [0.1, 0.15) is 22.3 Å². The second-order valence-corrected chi connectivity index (χ2v) is 8.57. The SMILES string of the molecule is Oc1cc(N=Cc2ccc(-c3cccc(Cl)c3Cl)o2)ccc1-c1nc2ccccc2s1. The fraction of sp³-hybridized carbons (Fsp3) is 0. The van der Waals surface area contributed by atoms with Gasteiger partial charge in [0.05, 0.1) is 37.7 Å². The molecule has 4 nitrogen and oxygen atoms in total. The maximum absolute atomic E-state index is 10.5. The van der Waals surface area contributed by atoms with Gasteiger partial charge in [0.2, 0.25) is 0 Å². The molecule has 3 aromatic carbocycles. The van der Waals surface area contributed by atoms with Crippen LogP contribution in [0.5, 0.6) is 5.75 Å². The number of aromatic nitrogens is 1. The fourth-order valence-electron chi connectivity index (χ4n) is 3.17. The molecule has 0 atom stereocenters. The molecule has 7 heteroatoms. The van der Waals surface area contributed by atoms with E-state index in [1.54, 1.807) is 24.4 Å². The largest absolute Gasteiger partial charge is 0.507 e. The zero-order valence-electron chi connectivity index (χ0n) is 15.9. The predicted octanol–water partition coefficient (Wildman–Crippen LogP) is 7.99. The lowest BCUT2D eigenvalue weighted by molar-refractivity contribution is 0.477.